The van der Waals surface area contributed by atoms with Gasteiger partial charge in [-0.15, -0.1) is 22.7 Å². The van der Waals surface area contributed by atoms with Crippen molar-refractivity contribution in [2.45, 2.75) is 6.54 Å². The van der Waals surface area contributed by atoms with E-state index in [9.17, 15) is 19.7 Å². The van der Waals surface area contributed by atoms with Gasteiger partial charge in [-0.1, -0.05) is 6.07 Å². The average Bonchev–Trinajstić information content (AvgIpc) is 3.35. The summed E-state index contributed by atoms with van der Waals surface area (Å²) in [6.07, 6.45) is 0. The lowest BCUT2D eigenvalue weighted by molar-refractivity contribution is -0.384. The van der Waals surface area contributed by atoms with E-state index in [1.165, 1.54) is 23.5 Å². The largest absolute Gasteiger partial charge is 0.420 e. The first kappa shape index (κ1) is 17.1. The fourth-order valence-electron chi connectivity index (χ4n) is 2.49. The molecule has 9 nitrogen and oxygen atoms in total. The maximum absolute atomic E-state index is 12.3. The fraction of sp³-hybridized carbons (Fsp3) is 0.0625. The Bertz CT molecular complexity index is 1210. The van der Waals surface area contributed by atoms with Gasteiger partial charge in [0.15, 0.2) is 10.7 Å². The summed E-state index contributed by atoms with van der Waals surface area (Å²) in [5.74, 6) is -1.22. The van der Waals surface area contributed by atoms with E-state index in [0.717, 1.165) is 21.2 Å². The Balaban J connectivity index is 1.54. The lowest BCUT2D eigenvalue weighted by atomic mass is 10.3. The molecule has 136 valence electrons. The van der Waals surface area contributed by atoms with Crippen LogP contribution in [-0.2, 0) is 11.3 Å². The van der Waals surface area contributed by atoms with E-state index >= 15 is 0 Å². The predicted molar refractivity (Wildman–Crippen MR) is 101 cm³/mol. The average molecular weight is 402 g/mol. The highest BCUT2D eigenvalue weighted by atomic mass is 32.1. The Labute approximate surface area is 158 Å². The van der Waals surface area contributed by atoms with Crippen molar-refractivity contribution in [3.8, 4) is 10.6 Å². The van der Waals surface area contributed by atoms with Crippen LogP contribution in [0.5, 0.6) is 0 Å². The highest BCUT2D eigenvalue weighted by molar-refractivity contribution is 7.16. The molecule has 27 heavy (non-hydrogen) atoms. The molecule has 0 fully saturated rings. The molecule has 0 aliphatic rings. The second-order valence-corrected chi connectivity index (χ2v) is 7.23. The number of nitro benzene ring substituents is 1. The zero-order valence-electron chi connectivity index (χ0n) is 13.4. The number of nitro groups is 1. The van der Waals surface area contributed by atoms with Crippen molar-refractivity contribution in [1.29, 1.82) is 0 Å². The van der Waals surface area contributed by atoms with Crippen LogP contribution in [0.15, 0.2) is 50.3 Å². The third kappa shape index (κ3) is 3.37. The molecule has 0 radical (unpaired) electrons. The molecule has 11 heteroatoms. The normalized spacial score (nSPS) is 11.0. The third-order valence-corrected chi connectivity index (χ3v) is 5.34. The van der Waals surface area contributed by atoms with Crippen LogP contribution < -0.4 is 11.1 Å². The molecule has 0 spiro atoms. The van der Waals surface area contributed by atoms with Gasteiger partial charge in [0.1, 0.15) is 6.54 Å². The van der Waals surface area contributed by atoms with Crippen LogP contribution >= 0.6 is 22.7 Å². The minimum atomic E-state index is -0.765. The van der Waals surface area contributed by atoms with Crippen molar-refractivity contribution in [1.82, 2.24) is 9.55 Å². The smallest absolute Gasteiger partial charge is 0.407 e. The first-order chi connectivity index (χ1) is 13.0. The molecular weight excluding hydrogens is 392 g/mol. The molecule has 0 unspecified atom stereocenters. The second-order valence-electron chi connectivity index (χ2n) is 5.43. The van der Waals surface area contributed by atoms with Gasteiger partial charge in [0.05, 0.1) is 27.1 Å². The minimum absolute atomic E-state index is 0.0521. The van der Waals surface area contributed by atoms with Crippen LogP contribution in [0.25, 0.3) is 21.7 Å². The van der Waals surface area contributed by atoms with Gasteiger partial charge in [-0.25, -0.2) is 9.78 Å². The molecule has 1 aromatic carbocycles. The Hall–Kier alpha value is -3.31. The SMILES string of the molecule is O=C(Cn1c(=O)oc2cc([N+](=O)[O-])ccc21)Nc1nc(-c2cccs2)cs1. The molecule has 0 aliphatic carbocycles. The van der Waals surface area contributed by atoms with Gasteiger partial charge in [-0.3, -0.25) is 19.5 Å². The number of anilines is 1. The van der Waals surface area contributed by atoms with Gasteiger partial charge in [0.25, 0.3) is 5.69 Å². The Morgan fingerprint density at radius 2 is 2.19 bits per heavy atom. The molecule has 0 bridgehead atoms. The van der Waals surface area contributed by atoms with Crippen molar-refractivity contribution in [2.24, 2.45) is 0 Å². The van der Waals surface area contributed by atoms with Crippen LogP contribution in [0, 0.1) is 10.1 Å². The maximum atomic E-state index is 12.3. The van der Waals surface area contributed by atoms with Crippen LogP contribution in [0.4, 0.5) is 10.8 Å². The van der Waals surface area contributed by atoms with Gasteiger partial charge < -0.3 is 9.73 Å². The lowest BCUT2D eigenvalue weighted by Gasteiger charge is -2.02. The molecule has 4 rings (SSSR count). The van der Waals surface area contributed by atoms with Crippen LogP contribution in [-0.4, -0.2) is 20.4 Å². The highest BCUT2D eigenvalue weighted by Crippen LogP contribution is 2.28. The van der Waals surface area contributed by atoms with Crippen LogP contribution in [0.1, 0.15) is 0 Å². The summed E-state index contributed by atoms with van der Waals surface area (Å²) in [5, 5.41) is 17.6. The number of carbonyl (C=O) groups is 1. The summed E-state index contributed by atoms with van der Waals surface area (Å²) < 4.78 is 6.12. The molecule has 0 saturated heterocycles. The van der Waals surface area contributed by atoms with E-state index in [1.54, 1.807) is 11.3 Å². The van der Waals surface area contributed by atoms with Crippen molar-refractivity contribution in [2.75, 3.05) is 5.32 Å². The van der Waals surface area contributed by atoms with Crippen LogP contribution in [0.2, 0.25) is 0 Å². The second kappa shape index (κ2) is 6.78. The Morgan fingerprint density at radius 1 is 1.33 bits per heavy atom. The fourth-order valence-corrected chi connectivity index (χ4v) is 3.98. The highest BCUT2D eigenvalue weighted by Gasteiger charge is 2.17. The van der Waals surface area contributed by atoms with E-state index in [1.807, 2.05) is 22.9 Å². The number of rotatable bonds is 5. The summed E-state index contributed by atoms with van der Waals surface area (Å²) in [5.41, 5.74) is 0.927. The van der Waals surface area contributed by atoms with Gasteiger partial charge in [-0.2, -0.15) is 0 Å². The van der Waals surface area contributed by atoms with Crippen molar-refractivity contribution >= 4 is 50.5 Å². The van der Waals surface area contributed by atoms with Gasteiger partial charge in [0.2, 0.25) is 5.91 Å². The molecule has 0 aliphatic heterocycles. The molecule has 3 aromatic heterocycles. The number of nitrogens with one attached hydrogen (secondary N) is 1. The number of benzene rings is 1. The summed E-state index contributed by atoms with van der Waals surface area (Å²) in [6.45, 7) is -0.294. The summed E-state index contributed by atoms with van der Waals surface area (Å²) in [4.78, 5) is 39.9. The number of hydrogen-bond donors (Lipinski definition) is 1. The number of thiophene rings is 1. The molecule has 0 saturated carbocycles. The zero-order valence-corrected chi connectivity index (χ0v) is 15.1. The summed E-state index contributed by atoms with van der Waals surface area (Å²) >= 11 is 2.82. The van der Waals surface area contributed by atoms with Crippen molar-refractivity contribution < 1.29 is 14.1 Å². The summed E-state index contributed by atoms with van der Waals surface area (Å²) in [6, 6.07) is 7.63. The third-order valence-electron chi connectivity index (χ3n) is 3.69. The molecule has 0 atom stereocenters. The van der Waals surface area contributed by atoms with E-state index < -0.39 is 16.6 Å². The van der Waals surface area contributed by atoms with Gasteiger partial charge in [-0.05, 0) is 17.5 Å². The monoisotopic (exact) mass is 402 g/mol. The zero-order chi connectivity index (χ0) is 19.0. The number of carbonyl (C=O) groups excluding carboxylic acids is 1. The van der Waals surface area contributed by atoms with Crippen molar-refractivity contribution in [3.63, 3.8) is 0 Å². The van der Waals surface area contributed by atoms with E-state index in [0.29, 0.717) is 10.6 Å². The molecule has 1 amide bonds. The summed E-state index contributed by atoms with van der Waals surface area (Å²) in [7, 11) is 0. The maximum Gasteiger partial charge on any atom is 0.420 e. The number of oxazole rings is 1. The molecule has 3 heterocycles. The van der Waals surface area contributed by atoms with E-state index in [-0.39, 0.29) is 17.8 Å². The standard InChI is InChI=1S/C16H10N4O5S2/c21-14(18-15-17-10(8-27-15)13-2-1-5-26-13)7-19-11-4-3-9(20(23)24)6-12(11)25-16(19)22/h1-6,8H,7H2,(H,17,18,21). The Kier molecular flexibility index (Phi) is 4.30. The van der Waals surface area contributed by atoms with Crippen molar-refractivity contribution in [3.05, 3.63) is 61.8 Å². The minimum Gasteiger partial charge on any atom is -0.407 e. The number of thiazole rings is 1. The molecule has 4 aromatic rings. The molecule has 1 N–H and O–H groups in total. The lowest BCUT2D eigenvalue weighted by Crippen LogP contribution is -2.24. The number of nitrogens with zero attached hydrogens (tertiary/aromatic N) is 3. The first-order valence-electron chi connectivity index (χ1n) is 7.58. The van der Waals surface area contributed by atoms with E-state index in [4.69, 9.17) is 4.42 Å². The predicted octanol–water partition coefficient (Wildman–Crippen LogP) is 3.33. The number of amides is 1. The topological polar surface area (TPSA) is 120 Å². The molecular formula is C16H10N4O5S2. The number of non-ortho nitro benzene ring substituents is 1. The number of aromatic nitrogens is 2. The van der Waals surface area contributed by atoms with E-state index in [2.05, 4.69) is 10.3 Å². The van der Waals surface area contributed by atoms with Gasteiger partial charge in [0, 0.05) is 11.4 Å². The quantitative estimate of drug-likeness (QED) is 0.404. The first-order valence-corrected chi connectivity index (χ1v) is 9.34. The number of fused-ring (bicyclic) bond motifs is 1. The van der Waals surface area contributed by atoms with Crippen LogP contribution in [0.3, 0.4) is 0 Å². The Morgan fingerprint density at radius 3 is 2.93 bits per heavy atom. The van der Waals surface area contributed by atoms with Gasteiger partial charge >= 0.3 is 5.76 Å². The number of hydrogen-bond acceptors (Lipinski definition) is 8.